The summed E-state index contributed by atoms with van der Waals surface area (Å²) < 4.78 is 5.24. The third-order valence-corrected chi connectivity index (χ3v) is 4.63. The average Bonchev–Trinajstić information content (AvgIpc) is 2.50. The fraction of sp³-hybridized carbons (Fsp3) is 0.562. The molecule has 0 bridgehead atoms. The predicted octanol–water partition coefficient (Wildman–Crippen LogP) is 1.84. The van der Waals surface area contributed by atoms with Crippen molar-refractivity contribution in [1.82, 2.24) is 10.2 Å². The summed E-state index contributed by atoms with van der Waals surface area (Å²) in [7, 11) is 3.54. The standard InChI is InChI=1S/C16H23ClN2O3/c1-11-8-14(22-3)12(9-13(11)17)15(20)18-10-16(21)4-6-19(2)7-5-16/h8-9,21H,4-7,10H2,1-3H3,(H,18,20). The summed E-state index contributed by atoms with van der Waals surface area (Å²) in [6.45, 7) is 3.74. The number of likely N-dealkylation sites (tertiary alicyclic amines) is 1. The van der Waals surface area contributed by atoms with Crippen molar-refractivity contribution in [1.29, 1.82) is 0 Å². The van der Waals surface area contributed by atoms with Gasteiger partial charge >= 0.3 is 0 Å². The van der Waals surface area contributed by atoms with Crippen molar-refractivity contribution in [2.45, 2.75) is 25.4 Å². The molecule has 0 saturated carbocycles. The molecule has 1 fully saturated rings. The molecule has 1 aliphatic heterocycles. The Labute approximate surface area is 136 Å². The third kappa shape index (κ3) is 3.91. The van der Waals surface area contributed by atoms with Gasteiger partial charge in [0.1, 0.15) is 5.75 Å². The van der Waals surface area contributed by atoms with Crippen molar-refractivity contribution < 1.29 is 14.6 Å². The zero-order valence-corrected chi connectivity index (χ0v) is 14.0. The van der Waals surface area contributed by atoms with Crippen LogP contribution in [0.1, 0.15) is 28.8 Å². The number of aliphatic hydroxyl groups is 1. The fourth-order valence-corrected chi connectivity index (χ4v) is 2.72. The molecule has 5 nitrogen and oxygen atoms in total. The molecule has 2 rings (SSSR count). The number of hydrogen-bond donors (Lipinski definition) is 2. The summed E-state index contributed by atoms with van der Waals surface area (Å²) in [5, 5.41) is 13.8. The second kappa shape index (κ2) is 6.86. The van der Waals surface area contributed by atoms with E-state index >= 15 is 0 Å². The van der Waals surface area contributed by atoms with E-state index in [-0.39, 0.29) is 12.5 Å². The van der Waals surface area contributed by atoms with Gasteiger partial charge in [0.15, 0.2) is 0 Å². The minimum Gasteiger partial charge on any atom is -0.496 e. The highest BCUT2D eigenvalue weighted by Crippen LogP contribution is 2.27. The maximum Gasteiger partial charge on any atom is 0.255 e. The Morgan fingerprint density at radius 2 is 2.09 bits per heavy atom. The Morgan fingerprint density at radius 1 is 1.45 bits per heavy atom. The molecule has 0 unspecified atom stereocenters. The Hall–Kier alpha value is -1.30. The van der Waals surface area contributed by atoms with E-state index in [1.165, 1.54) is 7.11 Å². The molecule has 0 radical (unpaired) electrons. The van der Waals surface area contributed by atoms with Crippen molar-refractivity contribution in [3.05, 3.63) is 28.3 Å². The molecule has 1 saturated heterocycles. The van der Waals surface area contributed by atoms with E-state index in [9.17, 15) is 9.90 Å². The first-order valence-electron chi connectivity index (χ1n) is 7.38. The van der Waals surface area contributed by atoms with Crippen LogP contribution in [0.15, 0.2) is 12.1 Å². The van der Waals surface area contributed by atoms with Crippen LogP contribution in [0.5, 0.6) is 5.75 Å². The van der Waals surface area contributed by atoms with Crippen LogP contribution in [0, 0.1) is 6.92 Å². The number of carbonyl (C=O) groups is 1. The number of carbonyl (C=O) groups excluding carboxylic acids is 1. The van der Waals surface area contributed by atoms with E-state index in [0.29, 0.717) is 29.2 Å². The topological polar surface area (TPSA) is 61.8 Å². The highest BCUT2D eigenvalue weighted by atomic mass is 35.5. The van der Waals surface area contributed by atoms with Gasteiger partial charge in [-0.1, -0.05) is 11.6 Å². The number of halogens is 1. The van der Waals surface area contributed by atoms with Crippen molar-refractivity contribution in [2.24, 2.45) is 0 Å². The van der Waals surface area contributed by atoms with Gasteiger partial charge < -0.3 is 20.1 Å². The molecule has 6 heteroatoms. The largest absolute Gasteiger partial charge is 0.496 e. The number of nitrogens with one attached hydrogen (secondary N) is 1. The summed E-state index contributed by atoms with van der Waals surface area (Å²) in [6.07, 6.45) is 1.30. The lowest BCUT2D eigenvalue weighted by Gasteiger charge is -2.36. The summed E-state index contributed by atoms with van der Waals surface area (Å²) in [5.41, 5.74) is 0.391. The van der Waals surface area contributed by atoms with E-state index in [1.54, 1.807) is 12.1 Å². The average molecular weight is 327 g/mol. The van der Waals surface area contributed by atoms with Gasteiger partial charge in [-0.25, -0.2) is 0 Å². The Balaban J connectivity index is 2.05. The smallest absolute Gasteiger partial charge is 0.255 e. The number of nitrogens with zero attached hydrogens (tertiary/aromatic N) is 1. The highest BCUT2D eigenvalue weighted by molar-refractivity contribution is 6.31. The molecule has 122 valence electrons. The number of rotatable bonds is 4. The molecule has 1 aliphatic rings. The number of aryl methyl sites for hydroxylation is 1. The van der Waals surface area contributed by atoms with E-state index < -0.39 is 5.60 Å². The minimum atomic E-state index is -0.843. The zero-order valence-electron chi connectivity index (χ0n) is 13.3. The van der Waals surface area contributed by atoms with Crippen LogP contribution >= 0.6 is 11.6 Å². The molecule has 0 spiro atoms. The summed E-state index contributed by atoms with van der Waals surface area (Å²) in [4.78, 5) is 14.5. The van der Waals surface area contributed by atoms with Crippen molar-refractivity contribution >= 4 is 17.5 Å². The predicted molar refractivity (Wildman–Crippen MR) is 86.8 cm³/mol. The number of amides is 1. The van der Waals surface area contributed by atoms with E-state index in [1.807, 2.05) is 14.0 Å². The molecule has 22 heavy (non-hydrogen) atoms. The Bertz CT molecular complexity index is 555. The molecular formula is C16H23ClN2O3. The van der Waals surface area contributed by atoms with Crippen molar-refractivity contribution in [3.63, 3.8) is 0 Å². The molecular weight excluding hydrogens is 304 g/mol. The number of ether oxygens (including phenoxy) is 1. The molecule has 1 aromatic carbocycles. The van der Waals surface area contributed by atoms with Crippen molar-refractivity contribution in [3.8, 4) is 5.75 Å². The zero-order chi connectivity index (χ0) is 16.3. The molecule has 2 N–H and O–H groups in total. The molecule has 1 heterocycles. The van der Waals surface area contributed by atoms with Crippen LogP contribution in [0.2, 0.25) is 5.02 Å². The molecule has 1 amide bonds. The first-order chi connectivity index (χ1) is 10.3. The van der Waals surface area contributed by atoms with Crippen LogP contribution < -0.4 is 10.1 Å². The minimum absolute atomic E-state index is 0.230. The lowest BCUT2D eigenvalue weighted by molar-refractivity contribution is -0.0135. The molecule has 0 atom stereocenters. The molecule has 0 aliphatic carbocycles. The van der Waals surface area contributed by atoms with Crippen LogP contribution in [0.4, 0.5) is 0 Å². The lowest BCUT2D eigenvalue weighted by atomic mass is 9.91. The SMILES string of the molecule is COc1cc(C)c(Cl)cc1C(=O)NCC1(O)CCN(C)CC1. The second-order valence-corrected chi connectivity index (χ2v) is 6.42. The lowest BCUT2D eigenvalue weighted by Crippen LogP contribution is -2.50. The summed E-state index contributed by atoms with van der Waals surface area (Å²) in [6, 6.07) is 3.34. The van der Waals surface area contributed by atoms with Gasteiger partial charge in [0.2, 0.25) is 0 Å². The normalized spacial score (nSPS) is 18.0. The van der Waals surface area contributed by atoms with E-state index in [4.69, 9.17) is 16.3 Å². The van der Waals surface area contributed by atoms with Gasteiger partial charge in [0.25, 0.3) is 5.91 Å². The maximum atomic E-state index is 12.4. The number of hydrogen-bond acceptors (Lipinski definition) is 4. The number of piperidine rings is 1. The quantitative estimate of drug-likeness (QED) is 0.886. The third-order valence-electron chi connectivity index (χ3n) is 4.22. The van der Waals surface area contributed by atoms with E-state index in [0.717, 1.165) is 18.7 Å². The first kappa shape index (κ1) is 17.1. The van der Waals surface area contributed by atoms with Crippen LogP contribution in [-0.4, -0.2) is 55.3 Å². The van der Waals surface area contributed by atoms with Crippen molar-refractivity contribution in [2.75, 3.05) is 33.8 Å². The summed E-state index contributed by atoms with van der Waals surface area (Å²) >= 11 is 6.09. The van der Waals surface area contributed by atoms with Gasteiger partial charge in [0, 0.05) is 24.7 Å². The van der Waals surface area contributed by atoms with Gasteiger partial charge in [-0.3, -0.25) is 4.79 Å². The van der Waals surface area contributed by atoms with Crippen LogP contribution in [0.25, 0.3) is 0 Å². The maximum absolute atomic E-state index is 12.4. The Kier molecular flexibility index (Phi) is 5.32. The monoisotopic (exact) mass is 326 g/mol. The van der Waals surface area contributed by atoms with Gasteiger partial charge in [-0.15, -0.1) is 0 Å². The van der Waals surface area contributed by atoms with Gasteiger partial charge in [-0.05, 0) is 44.5 Å². The first-order valence-corrected chi connectivity index (χ1v) is 7.76. The number of benzene rings is 1. The second-order valence-electron chi connectivity index (χ2n) is 6.01. The van der Waals surface area contributed by atoms with Gasteiger partial charge in [0.05, 0.1) is 18.3 Å². The molecule has 1 aromatic rings. The van der Waals surface area contributed by atoms with Crippen LogP contribution in [-0.2, 0) is 0 Å². The highest BCUT2D eigenvalue weighted by Gasteiger charge is 2.31. The van der Waals surface area contributed by atoms with Gasteiger partial charge in [-0.2, -0.15) is 0 Å². The van der Waals surface area contributed by atoms with Crippen LogP contribution in [0.3, 0.4) is 0 Å². The van der Waals surface area contributed by atoms with E-state index in [2.05, 4.69) is 10.2 Å². The number of methoxy groups -OCH3 is 1. The molecule has 0 aromatic heterocycles. The Morgan fingerprint density at radius 3 is 2.68 bits per heavy atom. The summed E-state index contributed by atoms with van der Waals surface area (Å²) in [5.74, 6) is 0.195. The fourth-order valence-electron chi connectivity index (χ4n) is 2.55.